The molecule has 1 rings (SSSR count). The number of aliphatic imine (C=N–C) groups is 1. The van der Waals surface area contributed by atoms with Crippen LogP contribution in [0.4, 0.5) is 0 Å². The van der Waals surface area contributed by atoms with Gasteiger partial charge in [0.05, 0.1) is 7.11 Å². The standard InChI is InChI=1S/C10H15NO4/c1-14-10(13)9(11-7-12)6-8-2-4-15-5-3-8/h8-9H,2-6H2,1H3. The van der Waals surface area contributed by atoms with Crippen LogP contribution in [0.3, 0.4) is 0 Å². The quantitative estimate of drug-likeness (QED) is 0.391. The van der Waals surface area contributed by atoms with Crippen LogP contribution < -0.4 is 0 Å². The number of rotatable bonds is 4. The minimum atomic E-state index is -0.699. The van der Waals surface area contributed by atoms with E-state index >= 15 is 0 Å². The molecule has 1 unspecified atom stereocenters. The second kappa shape index (κ2) is 6.32. The van der Waals surface area contributed by atoms with Gasteiger partial charge in [-0.1, -0.05) is 0 Å². The molecule has 0 spiro atoms. The van der Waals surface area contributed by atoms with Gasteiger partial charge in [0.1, 0.15) is 0 Å². The van der Waals surface area contributed by atoms with Crippen molar-refractivity contribution in [3.05, 3.63) is 0 Å². The number of hydrogen-bond acceptors (Lipinski definition) is 5. The number of nitrogens with zero attached hydrogens (tertiary/aromatic N) is 1. The topological polar surface area (TPSA) is 65.0 Å². The van der Waals surface area contributed by atoms with Gasteiger partial charge in [0.25, 0.3) is 0 Å². The minimum Gasteiger partial charge on any atom is -0.467 e. The van der Waals surface area contributed by atoms with Crippen molar-refractivity contribution < 1.29 is 19.1 Å². The Morgan fingerprint density at radius 1 is 1.60 bits per heavy atom. The monoisotopic (exact) mass is 213 g/mol. The number of isocyanates is 1. The Morgan fingerprint density at radius 2 is 2.27 bits per heavy atom. The lowest BCUT2D eigenvalue weighted by atomic mass is 9.93. The number of carbonyl (C=O) groups is 1. The van der Waals surface area contributed by atoms with Gasteiger partial charge >= 0.3 is 5.97 Å². The molecule has 1 aliphatic heterocycles. The first kappa shape index (κ1) is 11.9. The molecule has 0 amide bonds. The third kappa shape index (κ3) is 3.81. The second-order valence-electron chi connectivity index (χ2n) is 3.55. The third-order valence-corrected chi connectivity index (χ3v) is 2.58. The van der Waals surface area contributed by atoms with Gasteiger partial charge in [0.2, 0.25) is 6.08 Å². The Morgan fingerprint density at radius 3 is 2.80 bits per heavy atom. The lowest BCUT2D eigenvalue weighted by Crippen LogP contribution is -2.26. The highest BCUT2D eigenvalue weighted by molar-refractivity contribution is 5.76. The van der Waals surface area contributed by atoms with Crippen molar-refractivity contribution in [1.82, 2.24) is 0 Å². The predicted octanol–water partition coefficient (Wildman–Crippen LogP) is 0.680. The first-order chi connectivity index (χ1) is 7.27. The maximum absolute atomic E-state index is 11.2. The van der Waals surface area contributed by atoms with Gasteiger partial charge in [0.15, 0.2) is 6.04 Å². The van der Waals surface area contributed by atoms with Crippen molar-refractivity contribution in [3.63, 3.8) is 0 Å². The van der Waals surface area contributed by atoms with E-state index in [0.29, 0.717) is 25.6 Å². The molecule has 1 atom stereocenters. The summed E-state index contributed by atoms with van der Waals surface area (Å²) < 4.78 is 9.77. The molecule has 0 aliphatic carbocycles. The molecule has 0 bridgehead atoms. The summed E-state index contributed by atoms with van der Waals surface area (Å²) in [6.07, 6.45) is 3.77. The molecule has 84 valence electrons. The van der Waals surface area contributed by atoms with Crippen molar-refractivity contribution in [2.75, 3.05) is 20.3 Å². The normalized spacial score (nSPS) is 19.0. The zero-order chi connectivity index (χ0) is 11.1. The van der Waals surface area contributed by atoms with E-state index in [1.165, 1.54) is 13.2 Å². The van der Waals surface area contributed by atoms with Crippen LogP contribution in [-0.2, 0) is 19.1 Å². The summed E-state index contributed by atoms with van der Waals surface area (Å²) in [7, 11) is 1.29. The fourth-order valence-electron chi connectivity index (χ4n) is 1.70. The first-order valence-corrected chi connectivity index (χ1v) is 5.00. The van der Waals surface area contributed by atoms with E-state index < -0.39 is 12.0 Å². The largest absolute Gasteiger partial charge is 0.467 e. The van der Waals surface area contributed by atoms with Gasteiger partial charge in [-0.15, -0.1) is 0 Å². The Kier molecular flexibility index (Phi) is 5.01. The predicted molar refractivity (Wildman–Crippen MR) is 52.1 cm³/mol. The van der Waals surface area contributed by atoms with Gasteiger partial charge < -0.3 is 9.47 Å². The first-order valence-electron chi connectivity index (χ1n) is 5.00. The summed E-state index contributed by atoms with van der Waals surface area (Å²) in [4.78, 5) is 24.9. The number of carbonyl (C=O) groups excluding carboxylic acids is 2. The highest BCUT2D eigenvalue weighted by Crippen LogP contribution is 2.21. The zero-order valence-corrected chi connectivity index (χ0v) is 8.77. The molecular formula is C10H15NO4. The molecule has 0 aromatic carbocycles. The molecule has 0 saturated carbocycles. The lowest BCUT2D eigenvalue weighted by Gasteiger charge is -2.23. The van der Waals surface area contributed by atoms with Crippen molar-refractivity contribution >= 4 is 12.0 Å². The fourth-order valence-corrected chi connectivity index (χ4v) is 1.70. The van der Waals surface area contributed by atoms with Crippen LogP contribution in [0.25, 0.3) is 0 Å². The molecular weight excluding hydrogens is 198 g/mol. The van der Waals surface area contributed by atoms with Crippen LogP contribution in [0.5, 0.6) is 0 Å². The van der Waals surface area contributed by atoms with E-state index in [4.69, 9.17) is 4.74 Å². The van der Waals surface area contributed by atoms with E-state index in [0.717, 1.165) is 12.8 Å². The third-order valence-electron chi connectivity index (χ3n) is 2.58. The zero-order valence-electron chi connectivity index (χ0n) is 8.77. The maximum Gasteiger partial charge on any atom is 0.331 e. The molecule has 0 radical (unpaired) electrons. The fraction of sp³-hybridized carbons (Fsp3) is 0.800. The van der Waals surface area contributed by atoms with Crippen LogP contribution in [0.2, 0.25) is 0 Å². The molecule has 0 aromatic rings. The van der Waals surface area contributed by atoms with Gasteiger partial charge in [-0.25, -0.2) is 9.59 Å². The van der Waals surface area contributed by atoms with Crippen LogP contribution in [0.1, 0.15) is 19.3 Å². The Balaban J connectivity index is 2.49. The molecule has 1 heterocycles. The summed E-state index contributed by atoms with van der Waals surface area (Å²) >= 11 is 0. The molecule has 5 heteroatoms. The summed E-state index contributed by atoms with van der Waals surface area (Å²) in [5.74, 6) is -0.0928. The van der Waals surface area contributed by atoms with E-state index in [-0.39, 0.29) is 0 Å². The highest BCUT2D eigenvalue weighted by Gasteiger charge is 2.24. The average Bonchev–Trinajstić information content (AvgIpc) is 2.29. The molecule has 5 nitrogen and oxygen atoms in total. The molecule has 0 aromatic heterocycles. The number of methoxy groups -OCH3 is 1. The van der Waals surface area contributed by atoms with Gasteiger partial charge in [-0.3, -0.25) is 0 Å². The van der Waals surface area contributed by atoms with Gasteiger partial charge in [-0.05, 0) is 25.2 Å². The SMILES string of the molecule is COC(=O)C(CC1CCOCC1)N=C=O. The smallest absolute Gasteiger partial charge is 0.331 e. The van der Waals surface area contributed by atoms with Crippen molar-refractivity contribution in [3.8, 4) is 0 Å². The summed E-state index contributed by atoms with van der Waals surface area (Å²) in [6.45, 7) is 1.42. The van der Waals surface area contributed by atoms with Gasteiger partial charge in [-0.2, -0.15) is 4.99 Å². The Hall–Kier alpha value is -1.19. The lowest BCUT2D eigenvalue weighted by molar-refractivity contribution is -0.142. The van der Waals surface area contributed by atoms with Crippen LogP contribution in [0.15, 0.2) is 4.99 Å². The van der Waals surface area contributed by atoms with E-state index in [9.17, 15) is 9.59 Å². The van der Waals surface area contributed by atoms with Crippen molar-refractivity contribution in [2.45, 2.75) is 25.3 Å². The highest BCUT2D eigenvalue weighted by atomic mass is 16.5. The molecule has 1 saturated heterocycles. The van der Waals surface area contributed by atoms with Crippen molar-refractivity contribution in [2.24, 2.45) is 10.9 Å². The second-order valence-corrected chi connectivity index (χ2v) is 3.55. The minimum absolute atomic E-state index is 0.375. The summed E-state index contributed by atoms with van der Waals surface area (Å²) in [6, 6.07) is -0.699. The molecule has 1 aliphatic rings. The Labute approximate surface area is 88.5 Å². The van der Waals surface area contributed by atoms with Crippen LogP contribution >= 0.6 is 0 Å². The number of esters is 1. The molecule has 1 fully saturated rings. The number of ether oxygens (including phenoxy) is 2. The van der Waals surface area contributed by atoms with Crippen LogP contribution in [-0.4, -0.2) is 38.4 Å². The van der Waals surface area contributed by atoms with E-state index in [1.54, 1.807) is 0 Å². The summed E-state index contributed by atoms with van der Waals surface area (Å²) in [5.41, 5.74) is 0. The van der Waals surface area contributed by atoms with E-state index in [2.05, 4.69) is 9.73 Å². The van der Waals surface area contributed by atoms with Crippen molar-refractivity contribution in [1.29, 1.82) is 0 Å². The van der Waals surface area contributed by atoms with Gasteiger partial charge in [0, 0.05) is 13.2 Å². The Bertz CT molecular complexity index is 254. The molecule has 15 heavy (non-hydrogen) atoms. The average molecular weight is 213 g/mol. The molecule has 0 N–H and O–H groups in total. The maximum atomic E-state index is 11.2. The van der Waals surface area contributed by atoms with E-state index in [1.807, 2.05) is 0 Å². The summed E-state index contributed by atoms with van der Waals surface area (Å²) in [5, 5.41) is 0. The van der Waals surface area contributed by atoms with Crippen LogP contribution in [0, 0.1) is 5.92 Å². The number of hydrogen-bond donors (Lipinski definition) is 0.